The van der Waals surface area contributed by atoms with E-state index in [2.05, 4.69) is 29.1 Å². The van der Waals surface area contributed by atoms with Crippen molar-refractivity contribution in [3.63, 3.8) is 0 Å². The standard InChI is InChI=1S/C19H18F2N4OS/c1-12(2)13-4-7-16(8-5-13)26-11-18-23-24-19(27)25(18)22-10-14-3-6-15(20)9-17(14)21/h3-10,12H,11H2,1-2H3,(H,24,27)/b22-10-. The highest BCUT2D eigenvalue weighted by molar-refractivity contribution is 7.71. The zero-order valence-electron chi connectivity index (χ0n) is 14.8. The molecule has 2 aromatic carbocycles. The van der Waals surface area contributed by atoms with Crippen molar-refractivity contribution in [2.75, 3.05) is 0 Å². The van der Waals surface area contributed by atoms with Crippen LogP contribution in [-0.4, -0.2) is 21.1 Å². The first-order valence-electron chi connectivity index (χ1n) is 8.32. The summed E-state index contributed by atoms with van der Waals surface area (Å²) < 4.78 is 34.0. The van der Waals surface area contributed by atoms with Gasteiger partial charge in [0.15, 0.2) is 5.82 Å². The minimum absolute atomic E-state index is 0.122. The van der Waals surface area contributed by atoms with Crippen molar-refractivity contribution < 1.29 is 13.5 Å². The third-order valence-corrected chi connectivity index (χ3v) is 4.17. The summed E-state index contributed by atoms with van der Waals surface area (Å²) >= 11 is 5.14. The van der Waals surface area contributed by atoms with E-state index in [1.165, 1.54) is 22.5 Å². The second-order valence-electron chi connectivity index (χ2n) is 6.18. The second kappa shape index (κ2) is 8.22. The number of halogens is 2. The summed E-state index contributed by atoms with van der Waals surface area (Å²) in [7, 11) is 0. The van der Waals surface area contributed by atoms with E-state index in [0.717, 1.165) is 12.1 Å². The van der Waals surface area contributed by atoms with Crippen LogP contribution in [0.25, 0.3) is 0 Å². The molecular weight excluding hydrogens is 370 g/mol. The molecule has 0 bridgehead atoms. The predicted molar refractivity (Wildman–Crippen MR) is 102 cm³/mol. The van der Waals surface area contributed by atoms with Crippen LogP contribution in [0.3, 0.4) is 0 Å². The average Bonchev–Trinajstić information content (AvgIpc) is 2.99. The van der Waals surface area contributed by atoms with Gasteiger partial charge in [-0.25, -0.2) is 13.9 Å². The number of nitrogens with one attached hydrogen (secondary N) is 1. The summed E-state index contributed by atoms with van der Waals surface area (Å²) in [5.74, 6) is 0.190. The Morgan fingerprint density at radius 1 is 1.22 bits per heavy atom. The van der Waals surface area contributed by atoms with Gasteiger partial charge in [0.2, 0.25) is 4.77 Å². The fraction of sp³-hybridized carbons (Fsp3) is 0.211. The number of benzene rings is 2. The van der Waals surface area contributed by atoms with Crippen molar-refractivity contribution in [2.45, 2.75) is 26.4 Å². The molecule has 0 amide bonds. The number of H-pyrrole nitrogens is 1. The van der Waals surface area contributed by atoms with Gasteiger partial charge < -0.3 is 4.74 Å². The summed E-state index contributed by atoms with van der Waals surface area (Å²) in [6.07, 6.45) is 1.25. The van der Waals surface area contributed by atoms with Gasteiger partial charge in [-0.05, 0) is 48.0 Å². The summed E-state index contributed by atoms with van der Waals surface area (Å²) in [6.45, 7) is 4.36. The highest BCUT2D eigenvalue weighted by Crippen LogP contribution is 2.19. The maximum Gasteiger partial charge on any atom is 0.216 e. The maximum atomic E-state index is 13.7. The maximum absolute atomic E-state index is 13.7. The summed E-state index contributed by atoms with van der Waals surface area (Å²) in [6, 6.07) is 11.0. The highest BCUT2D eigenvalue weighted by Gasteiger charge is 2.08. The Bertz CT molecular complexity index is 1010. The Morgan fingerprint density at radius 3 is 2.63 bits per heavy atom. The normalized spacial score (nSPS) is 11.4. The molecule has 1 aromatic heterocycles. The van der Waals surface area contributed by atoms with Gasteiger partial charge in [0.05, 0.1) is 6.21 Å². The summed E-state index contributed by atoms with van der Waals surface area (Å²) in [5, 5.41) is 10.8. The van der Waals surface area contributed by atoms with E-state index in [4.69, 9.17) is 17.0 Å². The number of aromatic amines is 1. The van der Waals surface area contributed by atoms with Crippen molar-refractivity contribution in [1.82, 2.24) is 14.9 Å². The Hall–Kier alpha value is -2.87. The lowest BCUT2D eigenvalue weighted by molar-refractivity contribution is 0.290. The fourth-order valence-electron chi connectivity index (χ4n) is 2.36. The van der Waals surface area contributed by atoms with Crippen molar-refractivity contribution in [2.24, 2.45) is 5.10 Å². The number of ether oxygens (including phenoxy) is 1. The van der Waals surface area contributed by atoms with Crippen LogP contribution in [0.5, 0.6) is 5.75 Å². The van der Waals surface area contributed by atoms with Crippen molar-refractivity contribution in [3.8, 4) is 5.75 Å². The molecule has 0 aliphatic carbocycles. The molecule has 8 heteroatoms. The zero-order valence-corrected chi connectivity index (χ0v) is 15.6. The minimum Gasteiger partial charge on any atom is -0.486 e. The number of hydrogen-bond donors (Lipinski definition) is 1. The Kier molecular flexibility index (Phi) is 5.75. The Labute approximate surface area is 160 Å². The van der Waals surface area contributed by atoms with E-state index in [-0.39, 0.29) is 16.9 Å². The van der Waals surface area contributed by atoms with Crippen LogP contribution in [0.4, 0.5) is 8.78 Å². The third-order valence-electron chi connectivity index (χ3n) is 3.91. The smallest absolute Gasteiger partial charge is 0.216 e. The van der Waals surface area contributed by atoms with Crippen molar-refractivity contribution >= 4 is 18.4 Å². The van der Waals surface area contributed by atoms with Crippen molar-refractivity contribution in [1.29, 1.82) is 0 Å². The quantitative estimate of drug-likeness (QED) is 0.487. The average molecular weight is 388 g/mol. The highest BCUT2D eigenvalue weighted by atomic mass is 32.1. The molecule has 27 heavy (non-hydrogen) atoms. The lowest BCUT2D eigenvalue weighted by atomic mass is 10.0. The van der Waals surface area contributed by atoms with E-state index in [1.54, 1.807) is 0 Å². The van der Waals surface area contributed by atoms with E-state index in [0.29, 0.717) is 17.5 Å². The van der Waals surface area contributed by atoms with Crippen molar-refractivity contribution in [3.05, 3.63) is 75.8 Å². The minimum atomic E-state index is -0.711. The van der Waals surface area contributed by atoms with Gasteiger partial charge in [-0.3, -0.25) is 0 Å². The lowest BCUT2D eigenvalue weighted by Gasteiger charge is -2.08. The first-order valence-corrected chi connectivity index (χ1v) is 8.73. The van der Waals surface area contributed by atoms with Crippen LogP contribution < -0.4 is 4.74 Å². The Balaban J connectivity index is 1.74. The number of hydrogen-bond acceptors (Lipinski definition) is 4. The molecule has 0 unspecified atom stereocenters. The fourth-order valence-corrected chi connectivity index (χ4v) is 2.56. The van der Waals surface area contributed by atoms with Gasteiger partial charge in [-0.2, -0.15) is 14.9 Å². The summed E-state index contributed by atoms with van der Waals surface area (Å²) in [4.78, 5) is 0. The molecule has 0 aliphatic heterocycles. The molecule has 3 rings (SSSR count). The largest absolute Gasteiger partial charge is 0.486 e. The van der Waals surface area contributed by atoms with Gasteiger partial charge in [0, 0.05) is 11.6 Å². The lowest BCUT2D eigenvalue weighted by Crippen LogP contribution is -2.04. The molecule has 0 radical (unpaired) electrons. The molecule has 0 atom stereocenters. The zero-order chi connectivity index (χ0) is 19.4. The molecule has 140 valence electrons. The van der Waals surface area contributed by atoms with Crippen LogP contribution >= 0.6 is 12.2 Å². The van der Waals surface area contributed by atoms with Crippen LogP contribution in [0.2, 0.25) is 0 Å². The molecule has 1 heterocycles. The predicted octanol–water partition coefficient (Wildman–Crippen LogP) is 4.80. The van der Waals surface area contributed by atoms with Crippen LogP contribution in [-0.2, 0) is 6.61 Å². The van der Waals surface area contributed by atoms with E-state index < -0.39 is 11.6 Å². The van der Waals surface area contributed by atoms with Crippen LogP contribution in [0, 0.1) is 16.4 Å². The Morgan fingerprint density at radius 2 is 1.96 bits per heavy atom. The molecule has 3 aromatic rings. The number of rotatable bonds is 6. The molecule has 5 nitrogen and oxygen atoms in total. The first-order chi connectivity index (χ1) is 12.9. The second-order valence-corrected chi connectivity index (χ2v) is 6.57. The molecule has 1 N–H and O–H groups in total. The van der Waals surface area contributed by atoms with E-state index >= 15 is 0 Å². The van der Waals surface area contributed by atoms with E-state index in [1.807, 2.05) is 24.3 Å². The van der Waals surface area contributed by atoms with E-state index in [9.17, 15) is 8.78 Å². The SMILES string of the molecule is CC(C)c1ccc(OCc2n[nH]c(=S)n2/N=C\c2ccc(F)cc2F)cc1. The van der Waals surface area contributed by atoms with Gasteiger partial charge in [0.1, 0.15) is 24.0 Å². The molecule has 0 spiro atoms. The number of nitrogens with zero attached hydrogens (tertiary/aromatic N) is 3. The van der Waals surface area contributed by atoms with Crippen LogP contribution in [0.1, 0.15) is 36.7 Å². The summed E-state index contributed by atoms with van der Waals surface area (Å²) in [5.41, 5.74) is 1.35. The monoisotopic (exact) mass is 388 g/mol. The van der Waals surface area contributed by atoms with Crippen LogP contribution in [0.15, 0.2) is 47.6 Å². The number of aromatic nitrogens is 3. The molecule has 0 fully saturated rings. The molecule has 0 saturated carbocycles. The molecular formula is C19H18F2N4OS. The third kappa shape index (κ3) is 4.65. The van der Waals surface area contributed by atoms with Gasteiger partial charge in [-0.1, -0.05) is 26.0 Å². The molecule has 0 aliphatic rings. The van der Waals surface area contributed by atoms with Gasteiger partial charge in [-0.15, -0.1) is 0 Å². The first kappa shape index (κ1) is 18.9. The van der Waals surface area contributed by atoms with Gasteiger partial charge in [0.25, 0.3) is 0 Å². The topological polar surface area (TPSA) is 55.2 Å². The van der Waals surface area contributed by atoms with Gasteiger partial charge >= 0.3 is 0 Å². The molecule has 0 saturated heterocycles.